The van der Waals surface area contributed by atoms with Gasteiger partial charge in [-0.3, -0.25) is 9.36 Å². The molecule has 148 valence electrons. The molecule has 0 N–H and O–H groups in total. The molecule has 3 rings (SSSR count). The zero-order chi connectivity index (χ0) is 19.9. The summed E-state index contributed by atoms with van der Waals surface area (Å²) in [6, 6.07) is 13.1. The van der Waals surface area contributed by atoms with Gasteiger partial charge in [-0.25, -0.2) is 4.98 Å². The maximum atomic E-state index is 13.0. The predicted octanol–water partition coefficient (Wildman–Crippen LogP) is 4.78. The Kier molecular flexibility index (Phi) is 7.36. The molecule has 5 nitrogen and oxygen atoms in total. The Morgan fingerprint density at radius 2 is 2.07 bits per heavy atom. The van der Waals surface area contributed by atoms with Crippen molar-refractivity contribution in [2.24, 2.45) is 0 Å². The van der Waals surface area contributed by atoms with Crippen LogP contribution in [0.25, 0.3) is 10.9 Å². The third-order valence-electron chi connectivity index (χ3n) is 4.26. The molecular weight excluding hydrogens is 396 g/mol. The van der Waals surface area contributed by atoms with Crippen LogP contribution < -0.4 is 10.3 Å². The van der Waals surface area contributed by atoms with E-state index in [-0.39, 0.29) is 5.56 Å². The van der Waals surface area contributed by atoms with E-state index in [1.165, 1.54) is 11.8 Å². The van der Waals surface area contributed by atoms with Crippen molar-refractivity contribution in [1.82, 2.24) is 9.55 Å². The van der Waals surface area contributed by atoms with Crippen molar-refractivity contribution in [2.75, 3.05) is 20.3 Å². The molecular formula is C21H23ClN2O3S. The van der Waals surface area contributed by atoms with Crippen LogP contribution in [0.15, 0.2) is 52.4 Å². The quantitative estimate of drug-likeness (QED) is 0.284. The predicted molar refractivity (Wildman–Crippen MR) is 115 cm³/mol. The largest absolute Gasteiger partial charge is 0.497 e. The standard InChI is InChI=1S/C21H23ClN2O3S/c1-3-27-11-5-10-24-20(25)18-9-8-16(22)13-19(18)23-21(24)28-14-15-6-4-7-17(12-15)26-2/h4,6-9,12-13H,3,5,10-11,14H2,1-2H3. The molecule has 1 aromatic heterocycles. The molecule has 1 heterocycles. The number of fused-ring (bicyclic) bond motifs is 1. The highest BCUT2D eigenvalue weighted by atomic mass is 35.5. The fourth-order valence-corrected chi connectivity index (χ4v) is 3.99. The van der Waals surface area contributed by atoms with Crippen molar-refractivity contribution < 1.29 is 9.47 Å². The van der Waals surface area contributed by atoms with Crippen LogP contribution in [0.1, 0.15) is 18.9 Å². The van der Waals surface area contributed by atoms with Crippen molar-refractivity contribution in [3.05, 3.63) is 63.4 Å². The number of hydrogen-bond donors (Lipinski definition) is 0. The van der Waals surface area contributed by atoms with E-state index in [0.717, 1.165) is 17.7 Å². The Bertz CT molecular complexity index is 1010. The number of thioether (sulfide) groups is 1. The molecule has 0 spiro atoms. The van der Waals surface area contributed by atoms with Gasteiger partial charge in [0, 0.05) is 30.5 Å². The summed E-state index contributed by atoms with van der Waals surface area (Å²) in [6.45, 7) is 3.80. The zero-order valence-corrected chi connectivity index (χ0v) is 17.6. The molecule has 7 heteroatoms. The van der Waals surface area contributed by atoms with Gasteiger partial charge in [-0.05, 0) is 49.2 Å². The number of ether oxygens (including phenoxy) is 2. The number of methoxy groups -OCH3 is 1. The van der Waals surface area contributed by atoms with Gasteiger partial charge in [-0.2, -0.15) is 0 Å². The lowest BCUT2D eigenvalue weighted by molar-refractivity contribution is 0.140. The van der Waals surface area contributed by atoms with Crippen LogP contribution in [0, 0.1) is 0 Å². The molecule has 0 bridgehead atoms. The lowest BCUT2D eigenvalue weighted by atomic mass is 10.2. The second-order valence-corrected chi connectivity index (χ2v) is 7.58. The highest BCUT2D eigenvalue weighted by molar-refractivity contribution is 7.98. The SMILES string of the molecule is CCOCCCn1c(SCc2cccc(OC)c2)nc2cc(Cl)ccc2c1=O. The Morgan fingerprint density at radius 3 is 2.86 bits per heavy atom. The van der Waals surface area contributed by atoms with Crippen LogP contribution in [-0.4, -0.2) is 29.9 Å². The van der Waals surface area contributed by atoms with Gasteiger partial charge in [0.2, 0.25) is 0 Å². The summed E-state index contributed by atoms with van der Waals surface area (Å²) in [7, 11) is 1.65. The minimum absolute atomic E-state index is 0.0497. The van der Waals surface area contributed by atoms with Gasteiger partial charge in [0.1, 0.15) is 5.75 Å². The van der Waals surface area contributed by atoms with Crippen molar-refractivity contribution in [1.29, 1.82) is 0 Å². The summed E-state index contributed by atoms with van der Waals surface area (Å²) in [6.07, 6.45) is 0.751. The first-order chi connectivity index (χ1) is 13.6. The third-order valence-corrected chi connectivity index (χ3v) is 5.54. The Labute approximate surface area is 173 Å². The molecule has 0 aliphatic rings. The van der Waals surface area contributed by atoms with E-state index in [1.54, 1.807) is 29.9 Å². The topological polar surface area (TPSA) is 53.4 Å². The van der Waals surface area contributed by atoms with Crippen molar-refractivity contribution in [3.63, 3.8) is 0 Å². The summed E-state index contributed by atoms with van der Waals surface area (Å²) in [4.78, 5) is 17.8. The first-order valence-corrected chi connectivity index (χ1v) is 10.5. The zero-order valence-electron chi connectivity index (χ0n) is 16.0. The molecule has 0 fully saturated rings. The lowest BCUT2D eigenvalue weighted by Crippen LogP contribution is -2.24. The van der Waals surface area contributed by atoms with Crippen molar-refractivity contribution in [3.8, 4) is 5.75 Å². The van der Waals surface area contributed by atoms with E-state index in [4.69, 9.17) is 26.1 Å². The fraction of sp³-hybridized carbons (Fsp3) is 0.333. The van der Waals surface area contributed by atoms with Crippen molar-refractivity contribution >= 4 is 34.3 Å². The highest BCUT2D eigenvalue weighted by Gasteiger charge is 2.12. The first-order valence-electron chi connectivity index (χ1n) is 9.16. The molecule has 0 atom stereocenters. The second kappa shape index (κ2) is 9.96. The van der Waals surface area contributed by atoms with Crippen LogP contribution in [0.2, 0.25) is 5.02 Å². The Morgan fingerprint density at radius 1 is 1.21 bits per heavy atom. The van der Waals surface area contributed by atoms with Gasteiger partial charge in [-0.15, -0.1) is 0 Å². The third kappa shape index (κ3) is 5.07. The van der Waals surface area contributed by atoms with E-state index >= 15 is 0 Å². The maximum absolute atomic E-state index is 13.0. The minimum Gasteiger partial charge on any atom is -0.497 e. The van der Waals surface area contributed by atoms with Gasteiger partial charge in [0.05, 0.1) is 18.0 Å². The van der Waals surface area contributed by atoms with Crippen molar-refractivity contribution in [2.45, 2.75) is 30.8 Å². The van der Waals surface area contributed by atoms with Crippen LogP contribution in [-0.2, 0) is 17.0 Å². The number of rotatable bonds is 9. The fourth-order valence-electron chi connectivity index (χ4n) is 2.86. The monoisotopic (exact) mass is 418 g/mol. The molecule has 0 aliphatic carbocycles. The van der Waals surface area contributed by atoms with E-state index in [9.17, 15) is 4.79 Å². The summed E-state index contributed by atoms with van der Waals surface area (Å²) in [5.74, 6) is 1.49. The molecule has 0 radical (unpaired) electrons. The smallest absolute Gasteiger partial charge is 0.262 e. The molecule has 3 aromatic rings. The average molecular weight is 419 g/mol. The number of aromatic nitrogens is 2. The molecule has 0 unspecified atom stereocenters. The Hall–Kier alpha value is -2.02. The van der Waals surface area contributed by atoms with Gasteiger partial charge < -0.3 is 9.47 Å². The normalized spacial score (nSPS) is 11.1. The van der Waals surface area contributed by atoms with E-state index < -0.39 is 0 Å². The van der Waals surface area contributed by atoms with Gasteiger partial charge in [0.25, 0.3) is 5.56 Å². The molecule has 0 saturated carbocycles. The summed E-state index contributed by atoms with van der Waals surface area (Å²) >= 11 is 7.63. The van der Waals surface area contributed by atoms with Gasteiger partial charge >= 0.3 is 0 Å². The van der Waals surface area contributed by atoms with Crippen LogP contribution in [0.4, 0.5) is 0 Å². The number of halogens is 1. The van der Waals surface area contributed by atoms with Crippen LogP contribution in [0.5, 0.6) is 5.75 Å². The van der Waals surface area contributed by atoms with Crippen LogP contribution >= 0.6 is 23.4 Å². The summed E-state index contributed by atoms with van der Waals surface area (Å²) in [5.41, 5.74) is 1.67. The van der Waals surface area contributed by atoms with Gasteiger partial charge in [0.15, 0.2) is 5.16 Å². The van der Waals surface area contributed by atoms with E-state index in [1.807, 2.05) is 31.2 Å². The van der Waals surface area contributed by atoms with Crippen LogP contribution in [0.3, 0.4) is 0 Å². The lowest BCUT2D eigenvalue weighted by Gasteiger charge is -2.13. The molecule has 28 heavy (non-hydrogen) atoms. The van der Waals surface area contributed by atoms with E-state index in [2.05, 4.69) is 0 Å². The second-order valence-electron chi connectivity index (χ2n) is 6.20. The summed E-state index contributed by atoms with van der Waals surface area (Å²) < 4.78 is 12.4. The number of nitrogens with zero attached hydrogens (tertiary/aromatic N) is 2. The molecule has 2 aromatic carbocycles. The molecule has 0 aliphatic heterocycles. The summed E-state index contributed by atoms with van der Waals surface area (Å²) in [5, 5.41) is 1.82. The Balaban J connectivity index is 1.91. The maximum Gasteiger partial charge on any atom is 0.262 e. The highest BCUT2D eigenvalue weighted by Crippen LogP contribution is 2.25. The van der Waals surface area contributed by atoms with Gasteiger partial charge in [-0.1, -0.05) is 35.5 Å². The minimum atomic E-state index is -0.0497. The average Bonchev–Trinajstić information content (AvgIpc) is 2.71. The molecule has 0 saturated heterocycles. The first kappa shape index (κ1) is 20.7. The molecule has 0 amide bonds. The number of hydrogen-bond acceptors (Lipinski definition) is 5. The number of benzene rings is 2. The van der Waals surface area contributed by atoms with E-state index in [0.29, 0.717) is 46.6 Å².